The molecular weight excluding hydrogens is 395 g/mol. The van der Waals surface area contributed by atoms with Gasteiger partial charge in [0, 0.05) is 22.7 Å². The molecule has 0 atom stereocenters. The molecule has 0 aromatic heterocycles. The van der Waals surface area contributed by atoms with Crippen LogP contribution in [0.5, 0.6) is 11.5 Å². The molecule has 0 spiro atoms. The highest BCUT2D eigenvalue weighted by atomic mass is 35.5. The minimum atomic E-state index is 0.423. The Hall–Kier alpha value is -1.46. The predicted molar refractivity (Wildman–Crippen MR) is 118 cm³/mol. The molecule has 154 valence electrons. The molecule has 0 aliphatic rings. The molecule has 0 aliphatic heterocycles. The number of ether oxygens (including phenoxy) is 2. The zero-order valence-corrected chi connectivity index (χ0v) is 18.4. The maximum Gasteiger partial charge on any atom is 0.163 e. The van der Waals surface area contributed by atoms with Crippen molar-refractivity contribution in [3.05, 3.63) is 57.6 Å². The lowest BCUT2D eigenvalue weighted by atomic mass is 10.2. The summed E-state index contributed by atoms with van der Waals surface area (Å²) in [6.45, 7) is 9.75. The SMILES string of the molecule is CCN(CC)CCCNCc1cc(OC)c(OCc2ccc(Cl)cc2)cc1Cl. The highest BCUT2D eigenvalue weighted by Crippen LogP contribution is 2.34. The lowest BCUT2D eigenvalue weighted by molar-refractivity contribution is 0.284. The van der Waals surface area contributed by atoms with Crippen molar-refractivity contribution in [1.82, 2.24) is 10.2 Å². The van der Waals surface area contributed by atoms with E-state index in [1.54, 1.807) is 7.11 Å². The highest BCUT2D eigenvalue weighted by molar-refractivity contribution is 6.31. The monoisotopic (exact) mass is 424 g/mol. The third-order valence-electron chi connectivity index (χ3n) is 4.68. The number of halogens is 2. The first-order chi connectivity index (χ1) is 13.6. The summed E-state index contributed by atoms with van der Waals surface area (Å²) in [5.74, 6) is 1.31. The first-order valence-corrected chi connectivity index (χ1v) is 10.5. The van der Waals surface area contributed by atoms with E-state index in [4.69, 9.17) is 32.7 Å². The Morgan fingerprint density at radius 3 is 2.36 bits per heavy atom. The number of hydrogen-bond acceptors (Lipinski definition) is 4. The van der Waals surface area contributed by atoms with Gasteiger partial charge in [0.05, 0.1) is 7.11 Å². The standard InChI is InChI=1S/C22H30Cl2N2O2/c1-4-26(5-2)12-6-11-25-15-18-13-21(27-3)22(14-20(18)24)28-16-17-7-9-19(23)10-8-17/h7-10,13-14,25H,4-6,11-12,15-16H2,1-3H3. The third kappa shape index (κ3) is 7.17. The third-order valence-corrected chi connectivity index (χ3v) is 5.28. The lowest BCUT2D eigenvalue weighted by Gasteiger charge is -2.18. The summed E-state index contributed by atoms with van der Waals surface area (Å²) in [6, 6.07) is 11.3. The van der Waals surface area contributed by atoms with E-state index in [-0.39, 0.29) is 0 Å². The van der Waals surface area contributed by atoms with Gasteiger partial charge in [-0.05, 0) is 61.9 Å². The average Bonchev–Trinajstić information content (AvgIpc) is 2.71. The second kappa shape index (κ2) is 12.2. The molecule has 2 aromatic rings. The normalized spacial score (nSPS) is 11.1. The predicted octanol–water partition coefficient (Wildman–Crippen LogP) is 5.40. The average molecular weight is 425 g/mol. The van der Waals surface area contributed by atoms with Crippen LogP contribution in [-0.4, -0.2) is 38.2 Å². The molecule has 0 fully saturated rings. The zero-order chi connectivity index (χ0) is 20.4. The van der Waals surface area contributed by atoms with Gasteiger partial charge >= 0.3 is 0 Å². The topological polar surface area (TPSA) is 33.7 Å². The number of hydrogen-bond donors (Lipinski definition) is 1. The van der Waals surface area contributed by atoms with Gasteiger partial charge in [0.1, 0.15) is 6.61 Å². The molecule has 0 radical (unpaired) electrons. The second-order valence-electron chi connectivity index (χ2n) is 6.57. The summed E-state index contributed by atoms with van der Waals surface area (Å²) in [7, 11) is 1.64. The minimum Gasteiger partial charge on any atom is -0.493 e. The van der Waals surface area contributed by atoms with Crippen LogP contribution in [0.25, 0.3) is 0 Å². The smallest absolute Gasteiger partial charge is 0.163 e. The quantitative estimate of drug-likeness (QED) is 0.462. The van der Waals surface area contributed by atoms with Gasteiger partial charge in [0.15, 0.2) is 11.5 Å². The van der Waals surface area contributed by atoms with E-state index < -0.39 is 0 Å². The van der Waals surface area contributed by atoms with Gasteiger partial charge in [0.25, 0.3) is 0 Å². The Balaban J connectivity index is 1.90. The van der Waals surface area contributed by atoms with Crippen molar-refractivity contribution in [1.29, 1.82) is 0 Å². The van der Waals surface area contributed by atoms with Crippen LogP contribution in [0, 0.1) is 0 Å². The lowest BCUT2D eigenvalue weighted by Crippen LogP contribution is -2.27. The van der Waals surface area contributed by atoms with Crippen LogP contribution in [0.15, 0.2) is 36.4 Å². The summed E-state index contributed by atoms with van der Waals surface area (Å²) in [6.07, 6.45) is 1.11. The molecule has 6 heteroatoms. The molecule has 0 saturated carbocycles. The van der Waals surface area contributed by atoms with E-state index in [2.05, 4.69) is 24.1 Å². The van der Waals surface area contributed by atoms with E-state index in [1.807, 2.05) is 36.4 Å². The second-order valence-corrected chi connectivity index (χ2v) is 7.41. The Morgan fingerprint density at radius 1 is 1.00 bits per heavy atom. The maximum absolute atomic E-state index is 6.47. The molecule has 0 unspecified atom stereocenters. The van der Waals surface area contributed by atoms with Crippen molar-refractivity contribution in [2.75, 3.05) is 33.3 Å². The molecule has 0 saturated heterocycles. The van der Waals surface area contributed by atoms with Crippen molar-refractivity contribution < 1.29 is 9.47 Å². The molecular formula is C22H30Cl2N2O2. The van der Waals surface area contributed by atoms with Gasteiger partial charge in [0.2, 0.25) is 0 Å². The van der Waals surface area contributed by atoms with E-state index in [0.717, 1.165) is 43.7 Å². The van der Waals surface area contributed by atoms with Gasteiger partial charge in [-0.2, -0.15) is 0 Å². The van der Waals surface area contributed by atoms with Crippen molar-refractivity contribution in [3.63, 3.8) is 0 Å². The van der Waals surface area contributed by atoms with E-state index >= 15 is 0 Å². The molecule has 1 N–H and O–H groups in total. The van der Waals surface area contributed by atoms with Gasteiger partial charge in [-0.15, -0.1) is 0 Å². The molecule has 4 nitrogen and oxygen atoms in total. The Morgan fingerprint density at radius 2 is 1.71 bits per heavy atom. The van der Waals surface area contributed by atoms with Gasteiger partial charge in [-0.3, -0.25) is 0 Å². The van der Waals surface area contributed by atoms with Gasteiger partial charge < -0.3 is 19.7 Å². The molecule has 28 heavy (non-hydrogen) atoms. The summed E-state index contributed by atoms with van der Waals surface area (Å²) in [4.78, 5) is 2.42. The first kappa shape index (κ1) is 22.8. The number of rotatable bonds is 12. The largest absolute Gasteiger partial charge is 0.493 e. The number of nitrogens with one attached hydrogen (secondary N) is 1. The number of benzene rings is 2. The number of nitrogens with zero attached hydrogens (tertiary/aromatic N) is 1. The summed E-state index contributed by atoms with van der Waals surface area (Å²) in [5.41, 5.74) is 2.03. The van der Waals surface area contributed by atoms with Crippen LogP contribution >= 0.6 is 23.2 Å². The van der Waals surface area contributed by atoms with E-state index in [9.17, 15) is 0 Å². The summed E-state index contributed by atoms with van der Waals surface area (Å²) >= 11 is 12.4. The fourth-order valence-electron chi connectivity index (χ4n) is 2.92. The van der Waals surface area contributed by atoms with Crippen molar-refractivity contribution in [3.8, 4) is 11.5 Å². The Labute approximate surface area is 178 Å². The van der Waals surface area contributed by atoms with Crippen molar-refractivity contribution >= 4 is 23.2 Å². The number of methoxy groups -OCH3 is 1. The maximum atomic E-state index is 6.47. The first-order valence-electron chi connectivity index (χ1n) is 9.74. The highest BCUT2D eigenvalue weighted by Gasteiger charge is 2.11. The van der Waals surface area contributed by atoms with Crippen LogP contribution in [0.2, 0.25) is 10.0 Å². The van der Waals surface area contributed by atoms with Crippen LogP contribution < -0.4 is 14.8 Å². The molecule has 2 rings (SSSR count). The molecule has 0 bridgehead atoms. The van der Waals surface area contributed by atoms with Crippen LogP contribution in [0.1, 0.15) is 31.4 Å². The summed E-state index contributed by atoms with van der Waals surface area (Å²) < 4.78 is 11.4. The summed E-state index contributed by atoms with van der Waals surface area (Å²) in [5, 5.41) is 4.84. The van der Waals surface area contributed by atoms with Crippen LogP contribution in [0.3, 0.4) is 0 Å². The van der Waals surface area contributed by atoms with Gasteiger partial charge in [-0.1, -0.05) is 49.2 Å². The molecule has 0 heterocycles. The molecule has 0 amide bonds. The van der Waals surface area contributed by atoms with Crippen LogP contribution in [-0.2, 0) is 13.2 Å². The fraction of sp³-hybridized carbons (Fsp3) is 0.455. The fourth-order valence-corrected chi connectivity index (χ4v) is 3.26. The Kier molecular flexibility index (Phi) is 9.93. The van der Waals surface area contributed by atoms with Crippen molar-refractivity contribution in [2.45, 2.75) is 33.4 Å². The van der Waals surface area contributed by atoms with E-state index in [1.165, 1.54) is 0 Å². The zero-order valence-electron chi connectivity index (χ0n) is 16.9. The van der Waals surface area contributed by atoms with Crippen LogP contribution in [0.4, 0.5) is 0 Å². The van der Waals surface area contributed by atoms with Gasteiger partial charge in [-0.25, -0.2) is 0 Å². The van der Waals surface area contributed by atoms with Crippen molar-refractivity contribution in [2.24, 2.45) is 0 Å². The van der Waals surface area contributed by atoms with E-state index in [0.29, 0.717) is 34.7 Å². The Bertz CT molecular complexity index is 719. The molecule has 2 aromatic carbocycles. The minimum absolute atomic E-state index is 0.423. The molecule has 0 aliphatic carbocycles.